The monoisotopic (exact) mass is 292 g/mol. The third-order valence-electron chi connectivity index (χ3n) is 3.25. The molecule has 0 fully saturated rings. The van der Waals surface area contributed by atoms with Crippen LogP contribution >= 0.6 is 11.3 Å². The first-order chi connectivity index (χ1) is 9.56. The van der Waals surface area contributed by atoms with Crippen LogP contribution in [0.15, 0.2) is 24.3 Å². The van der Waals surface area contributed by atoms with Crippen molar-refractivity contribution in [3.05, 3.63) is 29.1 Å². The van der Waals surface area contributed by atoms with Crippen molar-refractivity contribution in [1.82, 2.24) is 4.90 Å². The molecule has 1 aromatic heterocycles. The molecule has 0 aliphatic heterocycles. The zero-order chi connectivity index (χ0) is 14.7. The lowest BCUT2D eigenvalue weighted by molar-refractivity contribution is 0.0641. The van der Waals surface area contributed by atoms with E-state index in [1.165, 1.54) is 11.3 Å². The minimum absolute atomic E-state index is 0.0178. The minimum Gasteiger partial charge on any atom is -0.397 e. The number of ether oxygens (including phenoxy) is 1. The number of benzene rings is 1. The van der Waals surface area contributed by atoms with Gasteiger partial charge in [0.1, 0.15) is 4.88 Å². The number of nitrogens with two attached hydrogens (primary N) is 1. The summed E-state index contributed by atoms with van der Waals surface area (Å²) in [6.45, 7) is 5.09. The molecule has 2 rings (SSSR count). The van der Waals surface area contributed by atoms with Gasteiger partial charge in [0, 0.05) is 29.8 Å². The fourth-order valence-corrected chi connectivity index (χ4v) is 3.22. The number of hydrogen-bond acceptors (Lipinski definition) is 4. The van der Waals surface area contributed by atoms with Crippen LogP contribution in [0.25, 0.3) is 10.1 Å². The number of carbonyl (C=O) groups excluding carboxylic acids is 1. The lowest BCUT2D eigenvalue weighted by Crippen LogP contribution is -2.39. The van der Waals surface area contributed by atoms with E-state index in [1.807, 2.05) is 38.1 Å². The Kier molecular flexibility index (Phi) is 4.62. The Labute approximate surface area is 123 Å². The first-order valence-corrected chi connectivity index (χ1v) is 7.44. The number of nitrogen functional groups attached to an aromatic ring is 1. The molecular formula is C15H20N2O2S. The van der Waals surface area contributed by atoms with Gasteiger partial charge in [0.05, 0.1) is 12.3 Å². The summed E-state index contributed by atoms with van der Waals surface area (Å²) >= 11 is 1.45. The van der Waals surface area contributed by atoms with Gasteiger partial charge in [-0.3, -0.25) is 4.79 Å². The predicted molar refractivity (Wildman–Crippen MR) is 84.3 cm³/mol. The lowest BCUT2D eigenvalue weighted by atomic mass is 10.2. The molecule has 0 bridgehead atoms. The van der Waals surface area contributed by atoms with Gasteiger partial charge in [0.2, 0.25) is 0 Å². The molecule has 5 heteroatoms. The maximum absolute atomic E-state index is 12.7. The fraction of sp³-hybridized carbons (Fsp3) is 0.400. The summed E-state index contributed by atoms with van der Waals surface area (Å²) in [7, 11) is 1.64. The van der Waals surface area contributed by atoms with Crippen LogP contribution in [0.4, 0.5) is 5.69 Å². The Morgan fingerprint density at radius 2 is 2.10 bits per heavy atom. The van der Waals surface area contributed by atoms with Crippen molar-refractivity contribution in [2.75, 3.05) is 26.0 Å². The number of thiophene rings is 1. The standard InChI is InChI=1S/C15H20N2O2S/c1-10(2)17(8-9-19-3)15(18)14-13(16)11-6-4-5-7-12(11)20-14/h4-7,10H,8-9,16H2,1-3H3. The van der Waals surface area contributed by atoms with Gasteiger partial charge in [-0.15, -0.1) is 11.3 Å². The van der Waals surface area contributed by atoms with Gasteiger partial charge in [0.25, 0.3) is 5.91 Å². The van der Waals surface area contributed by atoms with Crippen LogP contribution < -0.4 is 5.73 Å². The number of fused-ring (bicyclic) bond motifs is 1. The van der Waals surface area contributed by atoms with Crippen LogP contribution in [0.3, 0.4) is 0 Å². The first kappa shape index (κ1) is 14.8. The summed E-state index contributed by atoms with van der Waals surface area (Å²) in [6, 6.07) is 7.94. The Hall–Kier alpha value is -1.59. The maximum atomic E-state index is 12.7. The van der Waals surface area contributed by atoms with E-state index in [9.17, 15) is 4.79 Å². The molecule has 1 heterocycles. The number of methoxy groups -OCH3 is 1. The summed E-state index contributed by atoms with van der Waals surface area (Å²) in [5, 5.41) is 0.955. The van der Waals surface area contributed by atoms with E-state index < -0.39 is 0 Å². The minimum atomic E-state index is -0.0178. The second-order valence-corrected chi connectivity index (χ2v) is 5.98. The topological polar surface area (TPSA) is 55.6 Å². The van der Waals surface area contributed by atoms with Crippen molar-refractivity contribution < 1.29 is 9.53 Å². The molecule has 2 aromatic rings. The van der Waals surface area contributed by atoms with E-state index in [0.29, 0.717) is 23.7 Å². The number of amides is 1. The van der Waals surface area contributed by atoms with E-state index in [-0.39, 0.29) is 11.9 Å². The zero-order valence-electron chi connectivity index (χ0n) is 12.1. The molecule has 4 nitrogen and oxygen atoms in total. The number of nitrogens with zero attached hydrogens (tertiary/aromatic N) is 1. The van der Waals surface area contributed by atoms with Crippen LogP contribution in [0.5, 0.6) is 0 Å². The van der Waals surface area contributed by atoms with Crippen molar-refractivity contribution in [2.45, 2.75) is 19.9 Å². The zero-order valence-corrected chi connectivity index (χ0v) is 12.9. The van der Waals surface area contributed by atoms with Gasteiger partial charge in [-0.25, -0.2) is 0 Å². The van der Waals surface area contributed by atoms with Gasteiger partial charge in [-0.2, -0.15) is 0 Å². The fourth-order valence-electron chi connectivity index (χ4n) is 2.14. The highest BCUT2D eigenvalue weighted by Gasteiger charge is 2.23. The summed E-state index contributed by atoms with van der Waals surface area (Å²) in [4.78, 5) is 15.1. The lowest BCUT2D eigenvalue weighted by Gasteiger charge is -2.26. The Bertz CT molecular complexity index is 607. The molecule has 2 N–H and O–H groups in total. The highest BCUT2D eigenvalue weighted by molar-refractivity contribution is 7.21. The highest BCUT2D eigenvalue weighted by atomic mass is 32.1. The van der Waals surface area contributed by atoms with Crippen LogP contribution in [0, 0.1) is 0 Å². The Morgan fingerprint density at radius 3 is 2.70 bits per heavy atom. The van der Waals surface area contributed by atoms with E-state index in [2.05, 4.69) is 0 Å². The molecule has 20 heavy (non-hydrogen) atoms. The van der Waals surface area contributed by atoms with E-state index in [0.717, 1.165) is 10.1 Å². The van der Waals surface area contributed by atoms with Crippen LogP contribution in [-0.2, 0) is 4.74 Å². The maximum Gasteiger partial charge on any atom is 0.266 e. The smallest absolute Gasteiger partial charge is 0.266 e. The summed E-state index contributed by atoms with van der Waals surface area (Å²) in [5.41, 5.74) is 6.72. The molecule has 0 spiro atoms. The van der Waals surface area contributed by atoms with E-state index in [1.54, 1.807) is 12.0 Å². The van der Waals surface area contributed by atoms with Gasteiger partial charge in [0.15, 0.2) is 0 Å². The summed E-state index contributed by atoms with van der Waals surface area (Å²) in [5.74, 6) is -0.0178. The third kappa shape index (κ3) is 2.78. The molecule has 1 aromatic carbocycles. The van der Waals surface area contributed by atoms with Gasteiger partial charge in [-0.05, 0) is 19.9 Å². The van der Waals surface area contributed by atoms with Crippen LogP contribution in [-0.4, -0.2) is 37.1 Å². The number of anilines is 1. The molecule has 1 amide bonds. The van der Waals surface area contributed by atoms with Crippen LogP contribution in [0.1, 0.15) is 23.5 Å². The van der Waals surface area contributed by atoms with E-state index in [4.69, 9.17) is 10.5 Å². The number of hydrogen-bond donors (Lipinski definition) is 1. The predicted octanol–water partition coefficient (Wildman–Crippen LogP) is 2.98. The molecule has 0 saturated heterocycles. The molecule has 0 aliphatic rings. The number of carbonyl (C=O) groups is 1. The molecule has 0 saturated carbocycles. The summed E-state index contributed by atoms with van der Waals surface area (Å²) in [6.07, 6.45) is 0. The molecule has 0 atom stereocenters. The van der Waals surface area contributed by atoms with Crippen molar-refractivity contribution in [1.29, 1.82) is 0 Å². The van der Waals surface area contributed by atoms with Gasteiger partial charge < -0.3 is 15.4 Å². The van der Waals surface area contributed by atoms with Gasteiger partial charge in [-0.1, -0.05) is 18.2 Å². The number of rotatable bonds is 5. The second-order valence-electron chi connectivity index (χ2n) is 4.93. The normalized spacial score (nSPS) is 11.2. The average molecular weight is 292 g/mol. The third-order valence-corrected chi connectivity index (χ3v) is 4.42. The van der Waals surface area contributed by atoms with Crippen molar-refractivity contribution in [2.24, 2.45) is 0 Å². The highest BCUT2D eigenvalue weighted by Crippen LogP contribution is 2.34. The van der Waals surface area contributed by atoms with Crippen molar-refractivity contribution >= 4 is 33.0 Å². The SMILES string of the molecule is COCCN(C(=O)c1sc2ccccc2c1N)C(C)C. The molecule has 0 aliphatic carbocycles. The first-order valence-electron chi connectivity index (χ1n) is 6.63. The van der Waals surface area contributed by atoms with E-state index >= 15 is 0 Å². The quantitative estimate of drug-likeness (QED) is 0.921. The van der Waals surface area contributed by atoms with Crippen LogP contribution in [0.2, 0.25) is 0 Å². The van der Waals surface area contributed by atoms with Crippen molar-refractivity contribution in [3.8, 4) is 0 Å². The average Bonchev–Trinajstić information content (AvgIpc) is 2.76. The second kappa shape index (κ2) is 6.24. The summed E-state index contributed by atoms with van der Waals surface area (Å²) < 4.78 is 6.12. The Morgan fingerprint density at radius 1 is 1.40 bits per heavy atom. The largest absolute Gasteiger partial charge is 0.397 e. The molecule has 108 valence electrons. The van der Waals surface area contributed by atoms with Crippen molar-refractivity contribution in [3.63, 3.8) is 0 Å². The van der Waals surface area contributed by atoms with Gasteiger partial charge >= 0.3 is 0 Å². The molecular weight excluding hydrogens is 272 g/mol. The Balaban J connectivity index is 2.36. The molecule has 0 unspecified atom stereocenters. The molecule has 0 radical (unpaired) electrons.